The van der Waals surface area contributed by atoms with Gasteiger partial charge in [0.05, 0.1) is 5.56 Å². The quantitative estimate of drug-likeness (QED) is 0.488. The molecule has 0 N–H and O–H groups in total. The Bertz CT molecular complexity index is 434. The van der Waals surface area contributed by atoms with E-state index in [0.717, 1.165) is 0 Å². The predicted octanol–water partition coefficient (Wildman–Crippen LogP) is 0.891. The van der Waals surface area contributed by atoms with E-state index in [9.17, 15) is 9.59 Å². The van der Waals surface area contributed by atoms with Crippen LogP contribution in [0.25, 0.3) is 0 Å². The molecule has 1 aromatic rings. The van der Waals surface area contributed by atoms with E-state index in [-0.39, 0.29) is 12.4 Å². The van der Waals surface area contributed by atoms with Crippen LogP contribution in [0.1, 0.15) is 10.4 Å². The maximum absolute atomic E-state index is 11.2. The van der Waals surface area contributed by atoms with Gasteiger partial charge in [-0.15, -0.1) is 4.99 Å². The molecule has 0 radical (unpaired) electrons. The summed E-state index contributed by atoms with van der Waals surface area (Å²) < 4.78 is 10.1. The van der Waals surface area contributed by atoms with Crippen LogP contribution in [0.5, 0.6) is 11.5 Å². The van der Waals surface area contributed by atoms with E-state index >= 15 is 0 Å². The maximum atomic E-state index is 11.2. The minimum atomic E-state index is -0.663. The van der Waals surface area contributed by atoms with E-state index in [4.69, 9.17) is 9.47 Å². The number of ether oxygens (including phenoxy) is 2. The Labute approximate surface area is 79.0 Å². The SMILES string of the molecule is O=C=NC(=O)c1ccc2cc1OCO2. The third-order valence-electron chi connectivity index (χ3n) is 1.77. The van der Waals surface area contributed by atoms with Gasteiger partial charge < -0.3 is 9.47 Å². The second-order valence-corrected chi connectivity index (χ2v) is 2.57. The summed E-state index contributed by atoms with van der Waals surface area (Å²) in [5, 5.41) is 0. The van der Waals surface area contributed by atoms with Gasteiger partial charge in [-0.25, -0.2) is 4.79 Å². The zero-order chi connectivity index (χ0) is 9.97. The molecule has 14 heavy (non-hydrogen) atoms. The molecule has 0 unspecified atom stereocenters. The fourth-order valence-electron chi connectivity index (χ4n) is 1.15. The molecule has 2 rings (SSSR count). The van der Waals surface area contributed by atoms with Gasteiger partial charge in [0.25, 0.3) is 5.91 Å². The van der Waals surface area contributed by atoms with Crippen molar-refractivity contribution < 1.29 is 19.1 Å². The molecule has 0 saturated heterocycles. The summed E-state index contributed by atoms with van der Waals surface area (Å²) in [7, 11) is 0. The Morgan fingerprint density at radius 3 is 3.07 bits per heavy atom. The summed E-state index contributed by atoms with van der Waals surface area (Å²) in [5.41, 5.74) is 0.236. The average molecular weight is 191 g/mol. The number of isocyanates is 1. The Balaban J connectivity index is 2.45. The van der Waals surface area contributed by atoms with Crippen molar-refractivity contribution in [3.05, 3.63) is 23.8 Å². The lowest BCUT2D eigenvalue weighted by Gasteiger charge is -2.16. The van der Waals surface area contributed by atoms with Crippen molar-refractivity contribution in [2.45, 2.75) is 0 Å². The largest absolute Gasteiger partial charge is 0.457 e. The van der Waals surface area contributed by atoms with Crippen molar-refractivity contribution in [2.75, 3.05) is 6.79 Å². The molecular weight excluding hydrogens is 186 g/mol. The minimum absolute atomic E-state index is 0.0626. The van der Waals surface area contributed by atoms with Crippen LogP contribution >= 0.6 is 0 Å². The molecule has 0 fully saturated rings. The second-order valence-electron chi connectivity index (χ2n) is 2.57. The summed E-state index contributed by atoms with van der Waals surface area (Å²) in [6, 6.07) is 4.67. The van der Waals surface area contributed by atoms with Crippen LogP contribution in [0.3, 0.4) is 0 Å². The molecule has 0 saturated carbocycles. The molecule has 5 heteroatoms. The molecule has 0 aromatic heterocycles. The molecule has 1 amide bonds. The van der Waals surface area contributed by atoms with Crippen molar-refractivity contribution in [1.29, 1.82) is 0 Å². The Morgan fingerprint density at radius 2 is 2.29 bits per heavy atom. The molecule has 1 aliphatic rings. The van der Waals surface area contributed by atoms with E-state index in [1.165, 1.54) is 12.1 Å². The van der Waals surface area contributed by atoms with Gasteiger partial charge in [0.2, 0.25) is 12.9 Å². The van der Waals surface area contributed by atoms with Gasteiger partial charge in [0.15, 0.2) is 0 Å². The standard InChI is InChI=1S/C9H5NO4/c11-4-10-9(12)7-2-1-6-3-8(7)14-5-13-6/h1-3H,5H2. The van der Waals surface area contributed by atoms with Gasteiger partial charge in [-0.05, 0) is 12.1 Å². The first-order valence-corrected chi connectivity index (χ1v) is 3.83. The maximum Gasteiger partial charge on any atom is 0.291 e. The fraction of sp³-hybridized carbons (Fsp3) is 0.111. The first kappa shape index (κ1) is 8.47. The predicted molar refractivity (Wildman–Crippen MR) is 45.0 cm³/mol. The topological polar surface area (TPSA) is 65.0 Å². The van der Waals surface area contributed by atoms with E-state index in [0.29, 0.717) is 11.5 Å². The summed E-state index contributed by atoms with van der Waals surface area (Å²) in [4.78, 5) is 24.1. The lowest BCUT2D eigenvalue weighted by atomic mass is 10.2. The number of carbonyl (C=O) groups is 1. The van der Waals surface area contributed by atoms with Crippen molar-refractivity contribution >= 4 is 12.0 Å². The number of aliphatic imine (C=N–C) groups is 1. The van der Waals surface area contributed by atoms with Gasteiger partial charge in [-0.3, -0.25) is 4.79 Å². The van der Waals surface area contributed by atoms with Gasteiger partial charge in [-0.1, -0.05) is 0 Å². The number of benzene rings is 1. The molecule has 0 atom stereocenters. The summed E-state index contributed by atoms with van der Waals surface area (Å²) in [6.07, 6.45) is 1.19. The van der Waals surface area contributed by atoms with Gasteiger partial charge in [0.1, 0.15) is 11.5 Å². The molecule has 70 valence electrons. The number of hydrogen-bond acceptors (Lipinski definition) is 4. The first-order chi connectivity index (χ1) is 6.81. The van der Waals surface area contributed by atoms with Crippen LogP contribution in [0.4, 0.5) is 0 Å². The van der Waals surface area contributed by atoms with E-state index < -0.39 is 5.91 Å². The van der Waals surface area contributed by atoms with Crippen LogP contribution < -0.4 is 9.47 Å². The van der Waals surface area contributed by atoms with Crippen LogP contribution in [0, 0.1) is 0 Å². The van der Waals surface area contributed by atoms with Crippen molar-refractivity contribution in [3.8, 4) is 11.5 Å². The van der Waals surface area contributed by atoms with Gasteiger partial charge >= 0.3 is 0 Å². The molecule has 0 aliphatic carbocycles. The molecule has 1 aromatic carbocycles. The highest BCUT2D eigenvalue weighted by Crippen LogP contribution is 2.28. The lowest BCUT2D eigenvalue weighted by molar-refractivity contribution is 0.0942. The van der Waals surface area contributed by atoms with Crippen molar-refractivity contribution in [2.24, 2.45) is 4.99 Å². The number of nitrogens with zero attached hydrogens (tertiary/aromatic N) is 1. The van der Waals surface area contributed by atoms with Crippen molar-refractivity contribution in [3.63, 3.8) is 0 Å². The fourth-order valence-corrected chi connectivity index (χ4v) is 1.15. The summed E-state index contributed by atoms with van der Waals surface area (Å²) >= 11 is 0. The van der Waals surface area contributed by atoms with Gasteiger partial charge in [0, 0.05) is 6.07 Å². The molecule has 0 spiro atoms. The van der Waals surface area contributed by atoms with Crippen LogP contribution in [-0.4, -0.2) is 18.8 Å². The minimum Gasteiger partial charge on any atom is -0.457 e. The molecular formula is C9H5NO4. The normalized spacial score (nSPS) is 12.0. The molecule has 1 heterocycles. The number of amides is 1. The van der Waals surface area contributed by atoms with E-state index in [2.05, 4.69) is 4.99 Å². The second kappa shape index (κ2) is 3.32. The first-order valence-electron chi connectivity index (χ1n) is 3.83. The zero-order valence-corrected chi connectivity index (χ0v) is 7.02. The number of rotatable bonds is 1. The molecule has 1 aliphatic heterocycles. The van der Waals surface area contributed by atoms with Crippen LogP contribution in [-0.2, 0) is 4.79 Å². The Morgan fingerprint density at radius 1 is 1.43 bits per heavy atom. The average Bonchev–Trinajstić information content (AvgIpc) is 2.18. The van der Waals surface area contributed by atoms with Crippen molar-refractivity contribution in [1.82, 2.24) is 0 Å². The highest BCUT2D eigenvalue weighted by atomic mass is 16.7. The molecule has 2 bridgehead atoms. The monoisotopic (exact) mass is 191 g/mol. The lowest BCUT2D eigenvalue weighted by Crippen LogP contribution is -2.13. The Hall–Kier alpha value is -2.13. The highest BCUT2D eigenvalue weighted by Gasteiger charge is 2.16. The number of carbonyl (C=O) groups excluding carboxylic acids is 2. The zero-order valence-electron chi connectivity index (χ0n) is 7.02. The molecule has 5 nitrogen and oxygen atoms in total. The summed E-state index contributed by atoms with van der Waals surface area (Å²) in [5.74, 6) is 0.332. The van der Waals surface area contributed by atoms with Gasteiger partial charge in [-0.2, -0.15) is 0 Å². The van der Waals surface area contributed by atoms with Crippen LogP contribution in [0.15, 0.2) is 23.2 Å². The number of hydrogen-bond donors (Lipinski definition) is 0. The third kappa shape index (κ3) is 1.36. The number of fused-ring (bicyclic) bond motifs is 2. The highest BCUT2D eigenvalue weighted by molar-refractivity contribution is 6.00. The smallest absolute Gasteiger partial charge is 0.291 e. The van der Waals surface area contributed by atoms with Crippen LogP contribution in [0.2, 0.25) is 0 Å². The van der Waals surface area contributed by atoms with E-state index in [1.54, 1.807) is 12.1 Å². The third-order valence-corrected chi connectivity index (χ3v) is 1.77. The summed E-state index contributed by atoms with van der Waals surface area (Å²) in [6.45, 7) is 0.0626. The van der Waals surface area contributed by atoms with E-state index in [1.807, 2.05) is 0 Å². The Kier molecular flexibility index (Phi) is 2.01.